The fourth-order valence-electron chi connectivity index (χ4n) is 2.07. The maximum absolute atomic E-state index is 10.8. The first-order valence-electron chi connectivity index (χ1n) is 9.29. The Balaban J connectivity index is -0.000000176. The van der Waals surface area contributed by atoms with Gasteiger partial charge in [-0.3, -0.25) is 0 Å². The number of carbonyl (C=O) groups excluding carboxylic acids is 4. The minimum atomic E-state index is -0.550. The van der Waals surface area contributed by atoms with Crippen LogP contribution >= 0.6 is 0 Å². The van der Waals surface area contributed by atoms with E-state index in [9.17, 15) is 19.2 Å². The molecule has 0 aromatic heterocycles. The molecule has 0 saturated heterocycles. The number of esters is 4. The maximum Gasteiger partial charge on any atom is 0.346 e. The number of cyclic esters (lactones) is 4. The molecule has 0 atom stereocenters. The van der Waals surface area contributed by atoms with E-state index >= 15 is 0 Å². The zero-order chi connectivity index (χ0) is 21.7. The normalized spacial score (nSPS) is 12.2. The predicted molar refractivity (Wildman–Crippen MR) is 105 cm³/mol. The molecule has 151 valence electrons. The van der Waals surface area contributed by atoms with Crippen molar-refractivity contribution in [1.82, 2.24) is 0 Å². The largest absolute Gasteiger partial charge is 0.386 e. The Morgan fingerprint density at radius 3 is 1.04 bits per heavy atom. The zero-order valence-corrected chi connectivity index (χ0v) is 19.5. The van der Waals surface area contributed by atoms with Crippen LogP contribution in [0, 0.1) is 14.9 Å². The van der Waals surface area contributed by atoms with Crippen molar-refractivity contribution in [3.8, 4) is 0 Å². The first-order valence-corrected chi connectivity index (χ1v) is 7.29. The van der Waals surface area contributed by atoms with Crippen LogP contribution in [0.5, 0.6) is 0 Å². The molecule has 0 bridgehead atoms. The van der Waals surface area contributed by atoms with Gasteiger partial charge >= 0.3 is 23.9 Å². The molecule has 0 fully saturated rings. The second kappa shape index (κ2) is 13.9. The number of hydrogen-bond acceptors (Lipinski definition) is 6. The van der Waals surface area contributed by atoms with Crippen LogP contribution in [-0.2, 0) is 42.2 Å². The van der Waals surface area contributed by atoms with Gasteiger partial charge in [-0.2, -0.15) is 0 Å². The summed E-state index contributed by atoms with van der Waals surface area (Å²) in [4.78, 5) is 43.3. The molecule has 4 rings (SSSR count). The zero-order valence-electron chi connectivity index (χ0n) is 19.6. The molecular weight excluding hydrogens is 437 g/mol. The molecule has 7 heteroatoms. The quantitative estimate of drug-likeness (QED) is 0.315. The molecule has 0 amide bonds. The summed E-state index contributed by atoms with van der Waals surface area (Å²) in [5.41, 5.74) is 1.44. The van der Waals surface area contributed by atoms with E-state index < -0.39 is 23.9 Å². The summed E-state index contributed by atoms with van der Waals surface area (Å²) in [5, 5.41) is 0. The van der Waals surface area contributed by atoms with E-state index in [0.29, 0.717) is 22.3 Å². The molecule has 1 radical (unpaired) electrons. The SMILES string of the molecule is CC.O=C1OC(=O)c2ccccc21.O=C1OC(=O)c2ccccc21.[2H]C.[2H][2H].[CH3-].[CH3-].[Y]. The van der Waals surface area contributed by atoms with Crippen LogP contribution in [0.1, 0.15) is 67.0 Å². The molecule has 0 unspecified atom stereocenters. The molecule has 2 aliphatic heterocycles. The third kappa shape index (κ3) is 6.46. The van der Waals surface area contributed by atoms with Crippen LogP contribution in [0.2, 0.25) is 0 Å². The Bertz CT molecular complexity index is 708. The number of carbonyl (C=O) groups is 4. The summed E-state index contributed by atoms with van der Waals surface area (Å²) in [6.07, 6.45) is 0. The second-order valence-corrected chi connectivity index (χ2v) is 4.45. The Hall–Kier alpha value is -2.18. The van der Waals surface area contributed by atoms with Gasteiger partial charge in [-0.1, -0.05) is 45.5 Å². The summed E-state index contributed by atoms with van der Waals surface area (Å²) >= 11 is 0. The molecule has 0 saturated carbocycles. The maximum atomic E-state index is 10.8. The standard InChI is InChI=1S/2C8H4O3.C2H6.CH4.2CH3.Y.H2/c2*9-7-5-3-1-2-4-6(5)8(10)11-7;1-2;;;;;/h2*1-4H;1-2H3;1H4;2*1H3;;1H/q;;;;2*-1;;/i;;;1D;;;;1+1D. The van der Waals surface area contributed by atoms with Gasteiger partial charge in [-0.15, -0.1) is 0 Å². The minimum absolute atomic E-state index is 0. The number of hydrogen-bond donors (Lipinski definition) is 0. The van der Waals surface area contributed by atoms with E-state index in [1.807, 2.05) is 13.8 Å². The van der Waals surface area contributed by atoms with Gasteiger partial charge < -0.3 is 24.3 Å². The smallest absolute Gasteiger partial charge is 0.346 e. The summed E-state index contributed by atoms with van der Waals surface area (Å²) in [6.45, 7) is 4.00. The first kappa shape index (κ1) is 25.8. The van der Waals surface area contributed by atoms with Crippen LogP contribution in [0.25, 0.3) is 0 Å². The number of benzene rings is 2. The topological polar surface area (TPSA) is 86.7 Å². The van der Waals surface area contributed by atoms with Gasteiger partial charge in [-0.05, 0) is 24.3 Å². The Morgan fingerprint density at radius 2 is 0.857 bits per heavy atom. The fraction of sp³-hybridized carbons (Fsp3) is 0.143. The van der Waals surface area contributed by atoms with Crippen molar-refractivity contribution in [2.24, 2.45) is 0 Å². The molecule has 0 spiro atoms. The third-order valence-corrected chi connectivity index (χ3v) is 3.10. The van der Waals surface area contributed by atoms with Gasteiger partial charge in [0, 0.05) is 37.0 Å². The molecule has 2 aromatic rings. The minimum Gasteiger partial charge on any atom is -0.386 e. The number of rotatable bonds is 0. The predicted octanol–water partition coefficient (Wildman–Crippen LogP) is 4.80. The summed E-state index contributed by atoms with van der Waals surface area (Å²) in [5.74, 6) is -2.20. The summed E-state index contributed by atoms with van der Waals surface area (Å²) < 4.78 is 24.5. The van der Waals surface area contributed by atoms with Crippen LogP contribution in [-0.4, -0.2) is 23.9 Å². The Labute approximate surface area is 196 Å². The van der Waals surface area contributed by atoms with E-state index in [4.69, 9.17) is 4.34 Å². The Morgan fingerprint density at radius 1 is 0.679 bits per heavy atom. The number of fused-ring (bicyclic) bond motifs is 2. The van der Waals surface area contributed by atoms with Gasteiger partial charge in [0.05, 0.1) is 22.3 Å². The van der Waals surface area contributed by atoms with E-state index in [1.165, 1.54) is 7.40 Å². The van der Waals surface area contributed by atoms with Crippen molar-refractivity contribution in [3.05, 3.63) is 85.6 Å². The van der Waals surface area contributed by atoms with Crippen molar-refractivity contribution < 1.29 is 65.7 Å². The molecule has 0 aliphatic carbocycles. The van der Waals surface area contributed by atoms with Crippen molar-refractivity contribution in [1.29, 1.82) is 0 Å². The van der Waals surface area contributed by atoms with E-state index in [-0.39, 0.29) is 47.6 Å². The van der Waals surface area contributed by atoms with E-state index in [0.717, 1.165) is 0 Å². The Kier molecular flexibility index (Phi) is 12.8. The molecule has 0 N–H and O–H groups in total. The van der Waals surface area contributed by atoms with Crippen LogP contribution in [0.3, 0.4) is 0 Å². The van der Waals surface area contributed by atoms with E-state index in [2.05, 4.69) is 9.47 Å². The fourth-order valence-corrected chi connectivity index (χ4v) is 2.07. The van der Waals surface area contributed by atoms with Gasteiger partial charge in [0.25, 0.3) is 0 Å². The molecule has 2 aliphatic rings. The van der Waals surface area contributed by atoms with Crippen molar-refractivity contribution >= 4 is 23.9 Å². The average Bonchev–Trinajstić information content (AvgIpc) is 3.23. The van der Waals surface area contributed by atoms with Gasteiger partial charge in [0.1, 0.15) is 0 Å². The van der Waals surface area contributed by atoms with Crippen molar-refractivity contribution in [2.45, 2.75) is 21.3 Å². The first-order chi connectivity index (χ1) is 13.6. The molecule has 2 heterocycles. The van der Waals surface area contributed by atoms with E-state index in [1.54, 1.807) is 48.5 Å². The molecule has 28 heavy (non-hydrogen) atoms. The summed E-state index contributed by atoms with van der Waals surface area (Å²) in [7, 11) is 1.25. The van der Waals surface area contributed by atoms with Gasteiger partial charge in [-0.25, -0.2) is 19.2 Å². The summed E-state index contributed by atoms with van der Waals surface area (Å²) in [6, 6.07) is 13.1. The van der Waals surface area contributed by atoms with Crippen LogP contribution in [0.4, 0.5) is 0 Å². The third-order valence-electron chi connectivity index (χ3n) is 3.10. The second-order valence-electron chi connectivity index (χ2n) is 4.45. The monoisotopic (exact) mass is 466 g/mol. The average molecular weight is 466 g/mol. The van der Waals surface area contributed by atoms with Crippen LogP contribution in [0.15, 0.2) is 48.5 Å². The van der Waals surface area contributed by atoms with Crippen molar-refractivity contribution in [2.75, 3.05) is 0 Å². The van der Waals surface area contributed by atoms with Crippen molar-refractivity contribution in [3.63, 3.8) is 0 Å². The number of ether oxygens (including phenoxy) is 2. The molecular formula is C21H26O6Y-2. The molecule has 2 aromatic carbocycles. The van der Waals surface area contributed by atoms with Gasteiger partial charge in [0.2, 0.25) is 0 Å². The van der Waals surface area contributed by atoms with Crippen LogP contribution < -0.4 is 0 Å². The molecule has 6 nitrogen and oxygen atoms in total. The van der Waals surface area contributed by atoms with Gasteiger partial charge in [0.15, 0.2) is 0 Å².